The number of thiazole rings is 1. The third-order valence-electron chi connectivity index (χ3n) is 3.87. The molecule has 1 amide bonds. The second kappa shape index (κ2) is 11.3. The summed E-state index contributed by atoms with van der Waals surface area (Å²) >= 11 is 1.68. The average Bonchev–Trinajstić information content (AvgIpc) is 3.10. The van der Waals surface area contributed by atoms with Crippen LogP contribution in [0.2, 0.25) is 0 Å². The molecule has 6 nitrogen and oxygen atoms in total. The van der Waals surface area contributed by atoms with Crippen LogP contribution >= 0.6 is 11.3 Å². The summed E-state index contributed by atoms with van der Waals surface area (Å²) in [5.41, 5.74) is 1.74. The van der Waals surface area contributed by atoms with Crippen LogP contribution < -0.4 is 16.0 Å². The molecule has 2 aromatic rings. The van der Waals surface area contributed by atoms with Crippen molar-refractivity contribution >= 4 is 23.2 Å². The monoisotopic (exact) mass is 387 g/mol. The van der Waals surface area contributed by atoms with Crippen LogP contribution in [0, 0.1) is 6.92 Å². The van der Waals surface area contributed by atoms with Crippen molar-refractivity contribution < 1.29 is 4.79 Å². The third kappa shape index (κ3) is 7.38. The molecule has 0 aliphatic rings. The molecule has 3 N–H and O–H groups in total. The zero-order chi connectivity index (χ0) is 19.5. The molecule has 0 bridgehead atoms. The number of hydrogen-bond donors (Lipinski definition) is 3. The van der Waals surface area contributed by atoms with Gasteiger partial charge in [0.25, 0.3) is 5.91 Å². The number of nitrogens with zero attached hydrogens (tertiary/aromatic N) is 2. The molecule has 0 spiro atoms. The van der Waals surface area contributed by atoms with E-state index in [1.165, 1.54) is 4.88 Å². The van der Waals surface area contributed by atoms with Crippen molar-refractivity contribution in [1.29, 1.82) is 0 Å². The van der Waals surface area contributed by atoms with Gasteiger partial charge in [-0.05, 0) is 38.0 Å². The molecule has 146 valence electrons. The van der Waals surface area contributed by atoms with Crippen LogP contribution in [0.4, 0.5) is 0 Å². The van der Waals surface area contributed by atoms with Gasteiger partial charge in [-0.3, -0.25) is 4.79 Å². The third-order valence-corrected chi connectivity index (χ3v) is 4.78. The van der Waals surface area contributed by atoms with Crippen LogP contribution in [0.15, 0.2) is 35.5 Å². The van der Waals surface area contributed by atoms with Crippen molar-refractivity contribution in [2.75, 3.05) is 13.1 Å². The van der Waals surface area contributed by atoms with E-state index in [1.54, 1.807) is 11.3 Å². The molecule has 0 unspecified atom stereocenters. The van der Waals surface area contributed by atoms with E-state index in [4.69, 9.17) is 0 Å². The van der Waals surface area contributed by atoms with Gasteiger partial charge in [0, 0.05) is 29.7 Å². The van der Waals surface area contributed by atoms with E-state index in [0.29, 0.717) is 18.7 Å². The number of unbranched alkanes of at least 4 members (excludes halogenated alkanes) is 1. The highest BCUT2D eigenvalue weighted by Gasteiger charge is 2.05. The molecule has 0 aliphatic carbocycles. The molecule has 0 atom stereocenters. The van der Waals surface area contributed by atoms with Crippen LogP contribution in [0.25, 0.3) is 0 Å². The lowest BCUT2D eigenvalue weighted by Crippen LogP contribution is -2.36. The van der Waals surface area contributed by atoms with E-state index in [2.05, 4.69) is 32.9 Å². The van der Waals surface area contributed by atoms with Crippen molar-refractivity contribution in [2.45, 2.75) is 46.7 Å². The van der Waals surface area contributed by atoms with Gasteiger partial charge in [-0.2, -0.15) is 0 Å². The largest absolute Gasteiger partial charge is 0.357 e. The fraction of sp³-hybridized carbons (Fsp3) is 0.450. The van der Waals surface area contributed by atoms with Gasteiger partial charge in [-0.25, -0.2) is 9.98 Å². The molecule has 2 rings (SSSR count). The summed E-state index contributed by atoms with van der Waals surface area (Å²) in [6.45, 7) is 8.91. The highest BCUT2D eigenvalue weighted by molar-refractivity contribution is 7.11. The van der Waals surface area contributed by atoms with Crippen molar-refractivity contribution in [3.63, 3.8) is 0 Å². The Morgan fingerprint density at radius 2 is 1.93 bits per heavy atom. The first kappa shape index (κ1) is 20.9. The van der Waals surface area contributed by atoms with Crippen LogP contribution in [0.5, 0.6) is 0 Å². The molecule has 0 saturated heterocycles. The molecule has 27 heavy (non-hydrogen) atoms. The summed E-state index contributed by atoms with van der Waals surface area (Å²) < 4.78 is 0. The summed E-state index contributed by atoms with van der Waals surface area (Å²) in [5, 5.41) is 10.5. The minimum atomic E-state index is -0.0211. The van der Waals surface area contributed by atoms with Gasteiger partial charge in [0.15, 0.2) is 5.96 Å². The number of aliphatic imine (C=N–C) groups is 1. The first-order chi connectivity index (χ1) is 13.1. The smallest absolute Gasteiger partial charge is 0.251 e. The van der Waals surface area contributed by atoms with E-state index in [1.807, 2.05) is 44.3 Å². The van der Waals surface area contributed by atoms with E-state index in [-0.39, 0.29) is 5.91 Å². The SMILES string of the molecule is CCCCNC(=O)c1ccc(CN=C(NCC)NCc2ncc(C)s2)cc1. The average molecular weight is 388 g/mol. The molecule has 0 radical (unpaired) electrons. The number of aromatic nitrogens is 1. The van der Waals surface area contributed by atoms with Gasteiger partial charge in [-0.1, -0.05) is 25.5 Å². The van der Waals surface area contributed by atoms with Crippen molar-refractivity contribution in [3.8, 4) is 0 Å². The number of benzene rings is 1. The Hall–Kier alpha value is -2.41. The Labute approximate surface area is 165 Å². The van der Waals surface area contributed by atoms with E-state index < -0.39 is 0 Å². The number of hydrogen-bond acceptors (Lipinski definition) is 4. The second-order valence-electron chi connectivity index (χ2n) is 6.22. The first-order valence-corrected chi connectivity index (χ1v) is 10.2. The molecule has 1 aromatic carbocycles. The molecular weight excluding hydrogens is 358 g/mol. The van der Waals surface area contributed by atoms with Crippen LogP contribution in [-0.2, 0) is 13.1 Å². The highest BCUT2D eigenvalue weighted by Crippen LogP contribution is 2.10. The van der Waals surface area contributed by atoms with Gasteiger partial charge in [-0.15, -0.1) is 11.3 Å². The number of carbonyl (C=O) groups is 1. The molecule has 7 heteroatoms. The predicted molar refractivity (Wildman–Crippen MR) is 112 cm³/mol. The van der Waals surface area contributed by atoms with E-state index in [0.717, 1.165) is 42.5 Å². The maximum Gasteiger partial charge on any atom is 0.251 e. The quantitative estimate of drug-likeness (QED) is 0.351. The maximum atomic E-state index is 12.0. The van der Waals surface area contributed by atoms with Crippen molar-refractivity contribution in [3.05, 3.63) is 51.5 Å². The molecule has 1 aromatic heterocycles. The molecule has 0 aliphatic heterocycles. The van der Waals surface area contributed by atoms with Crippen molar-refractivity contribution in [2.24, 2.45) is 4.99 Å². The minimum absolute atomic E-state index is 0.0211. The molecule has 0 fully saturated rings. The zero-order valence-corrected chi connectivity index (χ0v) is 17.2. The van der Waals surface area contributed by atoms with Crippen LogP contribution in [0.3, 0.4) is 0 Å². The highest BCUT2D eigenvalue weighted by atomic mass is 32.1. The Morgan fingerprint density at radius 1 is 1.15 bits per heavy atom. The van der Waals surface area contributed by atoms with Crippen molar-refractivity contribution in [1.82, 2.24) is 20.9 Å². The Bertz CT molecular complexity index is 739. The number of nitrogens with one attached hydrogen (secondary N) is 3. The van der Waals surface area contributed by atoms with Gasteiger partial charge < -0.3 is 16.0 Å². The number of amides is 1. The fourth-order valence-electron chi connectivity index (χ4n) is 2.40. The first-order valence-electron chi connectivity index (χ1n) is 9.43. The topological polar surface area (TPSA) is 78.4 Å². The standard InChI is InChI=1S/C20H29N5OS/c1-4-6-11-22-19(26)17-9-7-16(8-10-17)13-24-20(21-5-2)25-14-18-23-12-15(3)27-18/h7-10,12H,4-6,11,13-14H2,1-3H3,(H,22,26)(H2,21,24,25). The summed E-state index contributed by atoms with van der Waals surface area (Å²) in [4.78, 5) is 22.2. The molecular formula is C20H29N5OS. The summed E-state index contributed by atoms with van der Waals surface area (Å²) in [7, 11) is 0. The van der Waals surface area contributed by atoms with E-state index in [9.17, 15) is 4.79 Å². The van der Waals surface area contributed by atoms with E-state index >= 15 is 0 Å². The minimum Gasteiger partial charge on any atom is -0.357 e. The second-order valence-corrected chi connectivity index (χ2v) is 7.54. The lowest BCUT2D eigenvalue weighted by molar-refractivity contribution is 0.0953. The Morgan fingerprint density at radius 3 is 2.56 bits per heavy atom. The zero-order valence-electron chi connectivity index (χ0n) is 16.3. The number of carbonyl (C=O) groups excluding carboxylic acids is 1. The fourth-order valence-corrected chi connectivity index (χ4v) is 3.12. The number of aryl methyl sites for hydroxylation is 1. The lowest BCUT2D eigenvalue weighted by atomic mass is 10.1. The van der Waals surface area contributed by atoms with Gasteiger partial charge in [0.2, 0.25) is 0 Å². The van der Waals surface area contributed by atoms with Crippen LogP contribution in [0.1, 0.15) is 52.5 Å². The number of guanidine groups is 1. The summed E-state index contributed by atoms with van der Waals surface area (Å²) in [6.07, 6.45) is 3.95. The summed E-state index contributed by atoms with van der Waals surface area (Å²) in [6, 6.07) is 7.60. The lowest BCUT2D eigenvalue weighted by Gasteiger charge is -2.10. The van der Waals surface area contributed by atoms with Gasteiger partial charge in [0.05, 0.1) is 13.1 Å². The Balaban J connectivity index is 1.89. The Kier molecular flexibility index (Phi) is 8.77. The summed E-state index contributed by atoms with van der Waals surface area (Å²) in [5.74, 6) is 0.735. The normalized spacial score (nSPS) is 11.3. The maximum absolute atomic E-state index is 12.0. The van der Waals surface area contributed by atoms with Gasteiger partial charge >= 0.3 is 0 Å². The van der Waals surface area contributed by atoms with Crippen LogP contribution in [-0.4, -0.2) is 29.9 Å². The molecule has 1 heterocycles. The molecule has 0 saturated carbocycles. The van der Waals surface area contributed by atoms with Gasteiger partial charge in [0.1, 0.15) is 5.01 Å². The predicted octanol–water partition coefficient (Wildman–Crippen LogP) is 3.24. The number of rotatable bonds is 9.